The summed E-state index contributed by atoms with van der Waals surface area (Å²) in [6.45, 7) is 1.89. The molecular weight excluding hydrogens is 258 g/mol. The lowest BCUT2D eigenvalue weighted by Crippen LogP contribution is -2.34. The molecule has 2 aliphatic heterocycles. The van der Waals surface area contributed by atoms with Gasteiger partial charge in [-0.15, -0.1) is 0 Å². The highest BCUT2D eigenvalue weighted by atomic mass is 16.7. The Balaban J connectivity index is 1.87. The lowest BCUT2D eigenvalue weighted by atomic mass is 10.0. The number of likely N-dealkylation sites (tertiary alicyclic amines) is 1. The van der Waals surface area contributed by atoms with Crippen LogP contribution in [0.5, 0.6) is 11.5 Å². The van der Waals surface area contributed by atoms with Crippen molar-refractivity contribution in [3.05, 3.63) is 23.8 Å². The van der Waals surface area contributed by atoms with E-state index in [1.54, 1.807) is 12.1 Å². The molecule has 0 aliphatic carbocycles. The normalized spacial score (nSPS) is 20.4. The number of nitrogens with zero attached hydrogens (tertiary/aromatic N) is 1. The minimum atomic E-state index is -0.800. The molecule has 1 aromatic carbocycles. The molecule has 1 saturated heterocycles. The summed E-state index contributed by atoms with van der Waals surface area (Å²) >= 11 is 0. The smallest absolute Gasteiger partial charge is 0.325 e. The molecule has 0 radical (unpaired) electrons. The fourth-order valence-electron chi connectivity index (χ4n) is 2.95. The van der Waals surface area contributed by atoms with Gasteiger partial charge in [-0.3, -0.25) is 9.69 Å². The predicted octanol–water partition coefficient (Wildman–Crippen LogP) is 2.42. The molecule has 1 N–H and O–H groups in total. The van der Waals surface area contributed by atoms with E-state index in [0.717, 1.165) is 31.5 Å². The monoisotopic (exact) mass is 277 g/mol. The van der Waals surface area contributed by atoms with Crippen LogP contribution in [0.1, 0.15) is 37.3 Å². The molecule has 20 heavy (non-hydrogen) atoms. The molecule has 3 rings (SSSR count). The van der Waals surface area contributed by atoms with Crippen molar-refractivity contribution in [1.82, 2.24) is 4.90 Å². The molecule has 1 fully saturated rings. The zero-order chi connectivity index (χ0) is 13.9. The maximum atomic E-state index is 11.7. The van der Waals surface area contributed by atoms with E-state index >= 15 is 0 Å². The standard InChI is InChI=1S/C15H19NO4/c17-15(18)14(16-7-3-1-2-4-8-16)11-5-6-12-13(9-11)20-10-19-12/h5-6,9,14H,1-4,7-8,10H2,(H,17,18)/t14-/m1/s1. The molecule has 1 aromatic rings. The average Bonchev–Trinajstić information content (AvgIpc) is 2.73. The first kappa shape index (κ1) is 13.2. The predicted molar refractivity (Wildman–Crippen MR) is 73.0 cm³/mol. The van der Waals surface area contributed by atoms with Gasteiger partial charge in [-0.2, -0.15) is 0 Å². The van der Waals surface area contributed by atoms with Crippen molar-refractivity contribution in [3.63, 3.8) is 0 Å². The molecule has 0 amide bonds. The molecule has 5 heteroatoms. The minimum Gasteiger partial charge on any atom is -0.480 e. The van der Waals surface area contributed by atoms with Gasteiger partial charge >= 0.3 is 5.97 Å². The fourth-order valence-corrected chi connectivity index (χ4v) is 2.95. The third-order valence-electron chi connectivity index (χ3n) is 3.95. The molecule has 1 atom stereocenters. The van der Waals surface area contributed by atoms with E-state index in [4.69, 9.17) is 9.47 Å². The van der Waals surface area contributed by atoms with Gasteiger partial charge in [-0.1, -0.05) is 18.9 Å². The number of hydrogen-bond donors (Lipinski definition) is 1. The molecule has 0 spiro atoms. The van der Waals surface area contributed by atoms with Gasteiger partial charge in [0.15, 0.2) is 11.5 Å². The van der Waals surface area contributed by atoms with E-state index in [1.165, 1.54) is 12.8 Å². The zero-order valence-corrected chi connectivity index (χ0v) is 11.4. The van der Waals surface area contributed by atoms with Gasteiger partial charge in [0.1, 0.15) is 6.04 Å². The second-order valence-corrected chi connectivity index (χ2v) is 5.30. The van der Waals surface area contributed by atoms with Gasteiger partial charge in [0.2, 0.25) is 6.79 Å². The van der Waals surface area contributed by atoms with Gasteiger partial charge in [-0.05, 0) is 43.6 Å². The highest BCUT2D eigenvalue weighted by molar-refractivity contribution is 5.76. The highest BCUT2D eigenvalue weighted by Gasteiger charge is 2.29. The van der Waals surface area contributed by atoms with Crippen molar-refractivity contribution >= 4 is 5.97 Å². The lowest BCUT2D eigenvalue weighted by molar-refractivity contribution is -0.143. The SMILES string of the molecule is O=C(O)[C@@H](c1ccc2c(c1)OCO2)N1CCCCCC1. The first-order valence-corrected chi connectivity index (χ1v) is 7.12. The van der Waals surface area contributed by atoms with Crippen LogP contribution in [0.3, 0.4) is 0 Å². The zero-order valence-electron chi connectivity index (χ0n) is 11.4. The number of rotatable bonds is 3. The van der Waals surface area contributed by atoms with Crippen molar-refractivity contribution in [2.45, 2.75) is 31.7 Å². The Labute approximate surface area is 118 Å². The van der Waals surface area contributed by atoms with Crippen LogP contribution in [-0.2, 0) is 4.79 Å². The van der Waals surface area contributed by atoms with Gasteiger partial charge in [0.05, 0.1) is 0 Å². The molecule has 0 aromatic heterocycles. The van der Waals surface area contributed by atoms with Crippen LogP contribution in [0.25, 0.3) is 0 Å². The lowest BCUT2D eigenvalue weighted by Gasteiger charge is -2.27. The number of benzene rings is 1. The summed E-state index contributed by atoms with van der Waals surface area (Å²) in [4.78, 5) is 13.8. The van der Waals surface area contributed by atoms with Crippen LogP contribution in [0.4, 0.5) is 0 Å². The van der Waals surface area contributed by atoms with E-state index in [2.05, 4.69) is 4.90 Å². The van der Waals surface area contributed by atoms with Crippen LogP contribution >= 0.6 is 0 Å². The number of carboxylic acid groups (broad SMARTS) is 1. The van der Waals surface area contributed by atoms with Gasteiger partial charge in [0, 0.05) is 0 Å². The average molecular weight is 277 g/mol. The van der Waals surface area contributed by atoms with Crippen molar-refractivity contribution in [3.8, 4) is 11.5 Å². The summed E-state index contributed by atoms with van der Waals surface area (Å²) in [6, 6.07) is 4.83. The number of carboxylic acids is 1. The maximum absolute atomic E-state index is 11.7. The Bertz CT molecular complexity index is 495. The van der Waals surface area contributed by atoms with E-state index in [1.807, 2.05) is 6.07 Å². The Morgan fingerprint density at radius 3 is 2.50 bits per heavy atom. The second-order valence-electron chi connectivity index (χ2n) is 5.30. The van der Waals surface area contributed by atoms with Gasteiger partial charge < -0.3 is 14.6 Å². The Kier molecular flexibility index (Phi) is 3.78. The van der Waals surface area contributed by atoms with Crippen molar-refractivity contribution in [2.75, 3.05) is 19.9 Å². The van der Waals surface area contributed by atoms with E-state index < -0.39 is 12.0 Å². The molecule has 0 bridgehead atoms. The molecular formula is C15H19NO4. The quantitative estimate of drug-likeness (QED) is 0.919. The Morgan fingerprint density at radius 1 is 1.10 bits per heavy atom. The van der Waals surface area contributed by atoms with E-state index in [0.29, 0.717) is 11.5 Å². The number of fused-ring (bicyclic) bond motifs is 1. The summed E-state index contributed by atoms with van der Waals surface area (Å²) < 4.78 is 10.6. The summed E-state index contributed by atoms with van der Waals surface area (Å²) in [7, 11) is 0. The Morgan fingerprint density at radius 2 is 1.80 bits per heavy atom. The molecule has 0 unspecified atom stereocenters. The van der Waals surface area contributed by atoms with E-state index in [-0.39, 0.29) is 6.79 Å². The number of hydrogen-bond acceptors (Lipinski definition) is 4. The molecule has 0 saturated carbocycles. The molecule has 2 heterocycles. The van der Waals surface area contributed by atoms with Crippen molar-refractivity contribution in [1.29, 1.82) is 0 Å². The maximum Gasteiger partial charge on any atom is 0.325 e. The third-order valence-corrected chi connectivity index (χ3v) is 3.95. The number of carbonyl (C=O) groups is 1. The van der Waals surface area contributed by atoms with Gasteiger partial charge in [-0.25, -0.2) is 0 Å². The van der Waals surface area contributed by atoms with Crippen molar-refractivity contribution < 1.29 is 19.4 Å². The van der Waals surface area contributed by atoms with E-state index in [9.17, 15) is 9.90 Å². The highest BCUT2D eigenvalue weighted by Crippen LogP contribution is 2.36. The molecule has 2 aliphatic rings. The van der Waals surface area contributed by atoms with Crippen molar-refractivity contribution in [2.24, 2.45) is 0 Å². The largest absolute Gasteiger partial charge is 0.480 e. The van der Waals surface area contributed by atoms with Crippen LogP contribution in [-0.4, -0.2) is 35.9 Å². The topological polar surface area (TPSA) is 59.0 Å². The first-order valence-electron chi connectivity index (χ1n) is 7.12. The third kappa shape index (κ3) is 2.58. The van der Waals surface area contributed by atoms with Crippen LogP contribution in [0.15, 0.2) is 18.2 Å². The summed E-state index contributed by atoms with van der Waals surface area (Å²) in [5.74, 6) is 0.531. The minimum absolute atomic E-state index is 0.209. The fraction of sp³-hybridized carbons (Fsp3) is 0.533. The summed E-state index contributed by atoms with van der Waals surface area (Å²) in [5.41, 5.74) is 0.767. The number of aliphatic carboxylic acids is 1. The van der Waals surface area contributed by atoms with Crippen LogP contribution in [0, 0.1) is 0 Å². The van der Waals surface area contributed by atoms with Gasteiger partial charge in [0.25, 0.3) is 0 Å². The molecule has 5 nitrogen and oxygen atoms in total. The number of ether oxygens (including phenoxy) is 2. The first-order chi connectivity index (χ1) is 9.75. The Hall–Kier alpha value is -1.75. The van der Waals surface area contributed by atoms with Crippen LogP contribution in [0.2, 0.25) is 0 Å². The summed E-state index contributed by atoms with van der Waals surface area (Å²) in [6.07, 6.45) is 4.50. The summed E-state index contributed by atoms with van der Waals surface area (Å²) in [5, 5.41) is 9.61. The molecule has 108 valence electrons. The van der Waals surface area contributed by atoms with Crippen LogP contribution < -0.4 is 9.47 Å². The second kappa shape index (κ2) is 5.71.